The van der Waals surface area contributed by atoms with Gasteiger partial charge in [0.25, 0.3) is 11.8 Å². The molecule has 8 aliphatic rings. The maximum Gasteiger partial charge on any atom is 0.251 e. The first-order chi connectivity index (χ1) is 46.6. The molecular formula is C81H124N10O8. The van der Waals surface area contributed by atoms with Crippen molar-refractivity contribution >= 4 is 35.0 Å². The van der Waals surface area contributed by atoms with E-state index in [-0.39, 0.29) is 54.0 Å². The lowest BCUT2D eigenvalue weighted by molar-refractivity contribution is -0.180. The predicted octanol–water partition coefficient (Wildman–Crippen LogP) is 11.1. The summed E-state index contributed by atoms with van der Waals surface area (Å²) in [7, 11) is 11.2. The van der Waals surface area contributed by atoms with Gasteiger partial charge in [0.15, 0.2) is 0 Å². The summed E-state index contributed by atoms with van der Waals surface area (Å²) in [6.07, 6.45) is 2.29. The van der Waals surface area contributed by atoms with Crippen LogP contribution in [0.5, 0.6) is 0 Å². The van der Waals surface area contributed by atoms with Crippen LogP contribution in [0.15, 0.2) is 72.8 Å². The molecule has 4 amide bonds. The van der Waals surface area contributed by atoms with Gasteiger partial charge in [-0.2, -0.15) is 10.1 Å². The summed E-state index contributed by atoms with van der Waals surface area (Å²) in [6.45, 7) is 38.8. The van der Waals surface area contributed by atoms with Crippen LogP contribution in [0.2, 0.25) is 0 Å². The van der Waals surface area contributed by atoms with Gasteiger partial charge in [0.05, 0.1) is 37.5 Å². The molecule has 4 aromatic carbocycles. The molecule has 4 bridgehead atoms. The maximum absolute atomic E-state index is 14.6. The zero-order chi connectivity index (χ0) is 72.6. The molecule has 18 nitrogen and oxygen atoms in total. The number of amides is 4. The molecule has 6 saturated carbocycles. The number of nitrogens with one attached hydrogen (secondary N) is 5. The second kappa shape index (κ2) is 31.7. The summed E-state index contributed by atoms with van der Waals surface area (Å²) in [5.41, 5.74) is 11.8. The standard InChI is InChI=1S/C43H67N5O4.C38H57N5O4/c1-25(2)21-47(22-26(3)4)24-38-39(29(7)49)40(42(51)45-37-20-33-19-36(28(37)6)43(33,8)9)48(52-38)23-30-14-13-15-35(27(30)5)31-16-32(41(50)44-10)18-34(17-31)46(11)12;1-21(2)40-19-33-34(24(5)44)35(37(46)41-32-18-28-17-31(23(32)4)38(28,6)7)43(47-33)20-25-12-11-13-30(22(25)3)26-14-27(36(45)39-8)16-29(15-26)42(9)10/h13-18,25-26,28-29,33,36-40,49H,19-24H2,1-12H3,(H,44,50)(H,45,51);11-16,21,23-24,28,31-35,40,44H,17-20H2,1-10H3,(H,39,45)(H,41,46)/t28-,29-,33+,36-,37-,38-,39+,40-;23-,24-,28+,31-,32-,33-,34+,35-/m00/s1. The van der Waals surface area contributed by atoms with Crippen molar-refractivity contribution in [2.45, 2.75) is 204 Å². The smallest absolute Gasteiger partial charge is 0.251 e. The van der Waals surface area contributed by atoms with E-state index in [1.165, 1.54) is 12.8 Å². The maximum atomic E-state index is 14.6. The highest BCUT2D eigenvalue weighted by Gasteiger charge is 2.59. The average Bonchev–Trinajstić information content (AvgIpc) is 1.40. The van der Waals surface area contributed by atoms with Crippen LogP contribution in [0.1, 0.15) is 166 Å². The lowest BCUT2D eigenvalue weighted by Gasteiger charge is -2.62. The van der Waals surface area contributed by atoms with E-state index in [0.29, 0.717) is 95.5 Å². The quantitative estimate of drug-likeness (QED) is 0.0330. The summed E-state index contributed by atoms with van der Waals surface area (Å²) in [6, 6.07) is 23.4. The fraction of sp³-hybridized carbons (Fsp3) is 0.654. The van der Waals surface area contributed by atoms with Gasteiger partial charge in [-0.3, -0.25) is 28.9 Å². The third kappa shape index (κ3) is 16.8. The Balaban J connectivity index is 0.000000232. The zero-order valence-electron chi connectivity index (χ0n) is 64.0. The molecule has 0 unspecified atom stereocenters. The predicted molar refractivity (Wildman–Crippen MR) is 399 cm³/mol. The van der Waals surface area contributed by atoms with Crippen molar-refractivity contribution in [2.75, 3.05) is 78.3 Å². The Bertz CT molecular complexity index is 3460. The lowest BCUT2D eigenvalue weighted by Crippen LogP contribution is -2.62. The van der Waals surface area contributed by atoms with Gasteiger partial charge in [0.1, 0.15) is 12.1 Å². The summed E-state index contributed by atoms with van der Waals surface area (Å²) in [5.74, 6) is 3.01. The average molecular weight is 1370 g/mol. The third-order valence-electron chi connectivity index (χ3n) is 24.2. The van der Waals surface area contributed by atoms with E-state index >= 15 is 0 Å². The van der Waals surface area contributed by atoms with Gasteiger partial charge in [-0.25, -0.2) is 0 Å². The first-order valence-electron chi connectivity index (χ1n) is 37.1. The number of nitrogens with zero attached hydrogens (tertiary/aromatic N) is 5. The second-order valence-electron chi connectivity index (χ2n) is 33.3. The van der Waals surface area contributed by atoms with Crippen LogP contribution in [0.4, 0.5) is 11.4 Å². The number of hydrogen-bond acceptors (Lipinski definition) is 14. The molecule has 12 rings (SSSR count). The van der Waals surface area contributed by atoms with E-state index in [1.807, 2.05) is 91.4 Å². The summed E-state index contributed by atoms with van der Waals surface area (Å²) in [5, 5.41) is 42.2. The topological polar surface area (TPSA) is 204 Å². The van der Waals surface area contributed by atoms with Gasteiger partial charge in [0.2, 0.25) is 11.8 Å². The molecule has 2 saturated heterocycles. The molecule has 0 spiro atoms. The molecule has 99 heavy (non-hydrogen) atoms. The Kier molecular flexibility index (Phi) is 24.7. The van der Waals surface area contributed by atoms with Crippen molar-refractivity contribution in [3.8, 4) is 22.3 Å². The molecule has 16 atom stereocenters. The van der Waals surface area contributed by atoms with Crippen molar-refractivity contribution in [3.05, 3.63) is 106 Å². The highest BCUT2D eigenvalue weighted by atomic mass is 16.7. The Morgan fingerprint density at radius 3 is 1.31 bits per heavy atom. The van der Waals surface area contributed by atoms with Gasteiger partial charge < -0.3 is 51.5 Å². The van der Waals surface area contributed by atoms with Crippen LogP contribution < -0.4 is 36.4 Å². The molecule has 546 valence electrons. The molecule has 18 heteroatoms. The molecule has 0 aromatic heterocycles. The molecular weight excluding hydrogens is 1240 g/mol. The third-order valence-corrected chi connectivity index (χ3v) is 24.2. The van der Waals surface area contributed by atoms with Crippen molar-refractivity contribution in [1.82, 2.24) is 41.6 Å². The van der Waals surface area contributed by atoms with E-state index in [1.54, 1.807) is 21.0 Å². The summed E-state index contributed by atoms with van der Waals surface area (Å²) < 4.78 is 0. The number of rotatable bonds is 25. The number of benzene rings is 4. The monoisotopic (exact) mass is 1360 g/mol. The Labute approximate surface area is 593 Å². The first kappa shape index (κ1) is 77.2. The number of fused-ring (bicyclic) bond motifs is 4. The Morgan fingerprint density at radius 1 is 0.576 bits per heavy atom. The number of anilines is 2. The van der Waals surface area contributed by atoms with Gasteiger partial charge in [0, 0.05) is 121 Å². The number of hydrogen-bond donors (Lipinski definition) is 7. The lowest BCUT2D eigenvalue weighted by atomic mass is 9.45. The minimum absolute atomic E-state index is 0.0497. The van der Waals surface area contributed by atoms with Crippen LogP contribution in [0.3, 0.4) is 0 Å². The van der Waals surface area contributed by atoms with Gasteiger partial charge in [-0.1, -0.05) is 119 Å². The van der Waals surface area contributed by atoms with Crippen molar-refractivity contribution in [1.29, 1.82) is 0 Å². The van der Waals surface area contributed by atoms with Crippen LogP contribution >= 0.6 is 0 Å². The number of carbonyl (C=O) groups excluding carboxylic acids is 4. The normalized spacial score (nSPS) is 28.2. The minimum Gasteiger partial charge on any atom is -0.393 e. The van der Waals surface area contributed by atoms with Gasteiger partial charge in [-0.05, 0) is 192 Å². The minimum atomic E-state index is -0.744. The Hall–Kier alpha value is -5.96. The second-order valence-corrected chi connectivity index (χ2v) is 33.3. The van der Waals surface area contributed by atoms with Crippen LogP contribution in [0.25, 0.3) is 22.3 Å². The number of carbonyl (C=O) groups is 4. The number of hydroxylamine groups is 4. The highest BCUT2D eigenvalue weighted by molar-refractivity contribution is 5.98. The number of aliphatic hydroxyl groups is 2. The van der Waals surface area contributed by atoms with E-state index in [4.69, 9.17) is 9.68 Å². The van der Waals surface area contributed by atoms with Crippen LogP contribution in [-0.2, 0) is 32.4 Å². The van der Waals surface area contributed by atoms with Crippen molar-refractivity contribution < 1.29 is 39.1 Å². The molecule has 4 aromatic rings. The summed E-state index contributed by atoms with van der Waals surface area (Å²) >= 11 is 0. The van der Waals surface area contributed by atoms with Crippen LogP contribution in [0, 0.1) is 83.9 Å². The zero-order valence-corrected chi connectivity index (χ0v) is 64.0. The molecule has 2 heterocycles. The molecule has 8 fully saturated rings. The largest absolute Gasteiger partial charge is 0.393 e. The fourth-order valence-corrected chi connectivity index (χ4v) is 18.1. The Morgan fingerprint density at radius 2 is 0.970 bits per heavy atom. The van der Waals surface area contributed by atoms with Crippen molar-refractivity contribution in [3.63, 3.8) is 0 Å². The van der Waals surface area contributed by atoms with Gasteiger partial charge >= 0.3 is 0 Å². The SMILES string of the molecule is CNC(=O)c1cc(-c2cccc(CN3O[C@@H](CN(CC(C)C)CC(C)C)[C@@H]([C@H](C)O)[C@H]3C(=O)N[C@H]3C[C@H]4C[C@@H]([C@@H]3C)C4(C)C)c2C)cc(N(C)C)c1.CNC(=O)c1cc(-c2cccc(CN3O[C@@H](CNC(C)C)[C@@H]([C@H](C)O)[C@H]3C(=O)N[C@H]3C[C@H]4C[C@@H]([C@@H]3C)C4(C)C)c2C)cc(N(C)C)c1. The molecule has 0 radical (unpaired) electrons. The van der Waals surface area contributed by atoms with Gasteiger partial charge in [-0.15, -0.1) is 0 Å². The number of aliphatic hydroxyl groups excluding tert-OH is 2. The van der Waals surface area contributed by atoms with E-state index in [0.717, 1.165) is 81.8 Å². The van der Waals surface area contributed by atoms with E-state index in [9.17, 15) is 29.4 Å². The fourth-order valence-electron chi connectivity index (χ4n) is 18.1. The molecule has 6 aliphatic carbocycles. The molecule has 7 N–H and O–H groups in total. The summed E-state index contributed by atoms with van der Waals surface area (Å²) in [4.78, 5) is 74.3. The van der Waals surface area contributed by atoms with Crippen LogP contribution in [-0.4, -0.2) is 172 Å². The van der Waals surface area contributed by atoms with Crippen molar-refractivity contribution in [2.24, 2.45) is 70.0 Å². The molecule has 2 aliphatic heterocycles. The van der Waals surface area contributed by atoms with E-state index < -0.39 is 36.1 Å². The van der Waals surface area contributed by atoms with E-state index in [2.05, 4.69) is 165 Å². The highest BCUT2D eigenvalue weighted by Crippen LogP contribution is 2.62. The first-order valence-corrected chi connectivity index (χ1v) is 37.1.